The minimum atomic E-state index is -0.568. The van der Waals surface area contributed by atoms with Crippen LogP contribution in [0.1, 0.15) is 15.9 Å². The molecule has 6 nitrogen and oxygen atoms in total. The van der Waals surface area contributed by atoms with Crippen LogP contribution in [0.25, 0.3) is 0 Å². The Morgan fingerprint density at radius 1 is 1.08 bits per heavy atom. The first kappa shape index (κ1) is 17.8. The zero-order valence-electron chi connectivity index (χ0n) is 12.3. The molecule has 0 heterocycles. The molecule has 0 atom stereocenters. The van der Waals surface area contributed by atoms with Crippen LogP contribution >= 0.6 is 23.2 Å². The van der Waals surface area contributed by atoms with Crippen LogP contribution in [0.2, 0.25) is 10.0 Å². The van der Waals surface area contributed by atoms with Crippen LogP contribution in [0.5, 0.6) is 5.75 Å². The van der Waals surface area contributed by atoms with Gasteiger partial charge in [0.25, 0.3) is 11.8 Å². The molecule has 0 saturated carbocycles. The molecule has 0 unspecified atom stereocenters. The smallest absolute Gasteiger partial charge is 0.259 e. The lowest BCUT2D eigenvalue weighted by molar-refractivity contribution is -0.120. The predicted molar refractivity (Wildman–Crippen MR) is 92.6 cm³/mol. The molecule has 8 heteroatoms. The monoisotopic (exact) mass is 365 g/mol. The van der Waals surface area contributed by atoms with E-state index in [1.807, 2.05) is 0 Å². The highest BCUT2D eigenvalue weighted by atomic mass is 35.5. The van der Waals surface area contributed by atoms with Crippen molar-refractivity contribution in [3.63, 3.8) is 0 Å². The SMILES string of the molecule is O=C(CNC(=O)c1ccccc1O)N/N=C/c1c(Cl)cccc1Cl. The number of phenolic OH excluding ortho intramolecular Hbond substituents is 1. The number of carbonyl (C=O) groups excluding carboxylic acids is 2. The second-order valence-corrected chi connectivity index (χ2v) is 5.44. The van der Waals surface area contributed by atoms with Crippen LogP contribution in [0.3, 0.4) is 0 Å². The fourth-order valence-electron chi connectivity index (χ4n) is 1.76. The maximum Gasteiger partial charge on any atom is 0.259 e. The molecule has 0 aliphatic heterocycles. The van der Waals surface area contributed by atoms with E-state index in [1.165, 1.54) is 18.3 Å². The number of rotatable bonds is 5. The van der Waals surface area contributed by atoms with Gasteiger partial charge in [0, 0.05) is 5.56 Å². The fourth-order valence-corrected chi connectivity index (χ4v) is 2.26. The molecule has 0 aromatic heterocycles. The molecule has 0 saturated heterocycles. The Hall–Kier alpha value is -2.57. The van der Waals surface area contributed by atoms with E-state index in [2.05, 4.69) is 15.8 Å². The average molecular weight is 366 g/mol. The third-order valence-corrected chi connectivity index (χ3v) is 3.60. The summed E-state index contributed by atoms with van der Waals surface area (Å²) in [5.41, 5.74) is 2.79. The summed E-state index contributed by atoms with van der Waals surface area (Å²) in [7, 11) is 0. The number of nitrogens with one attached hydrogen (secondary N) is 2. The van der Waals surface area contributed by atoms with E-state index in [0.29, 0.717) is 15.6 Å². The molecule has 0 bridgehead atoms. The van der Waals surface area contributed by atoms with Crippen molar-refractivity contribution >= 4 is 41.2 Å². The Morgan fingerprint density at radius 3 is 2.42 bits per heavy atom. The van der Waals surface area contributed by atoms with Crippen molar-refractivity contribution in [1.82, 2.24) is 10.7 Å². The van der Waals surface area contributed by atoms with Crippen LogP contribution in [-0.4, -0.2) is 29.7 Å². The molecule has 3 N–H and O–H groups in total. The molecule has 24 heavy (non-hydrogen) atoms. The van der Waals surface area contributed by atoms with Crippen molar-refractivity contribution < 1.29 is 14.7 Å². The summed E-state index contributed by atoms with van der Waals surface area (Å²) < 4.78 is 0. The van der Waals surface area contributed by atoms with E-state index in [0.717, 1.165) is 0 Å². The summed E-state index contributed by atoms with van der Waals surface area (Å²) in [5.74, 6) is -1.28. The van der Waals surface area contributed by atoms with Crippen LogP contribution in [-0.2, 0) is 4.79 Å². The number of hydrogen-bond acceptors (Lipinski definition) is 4. The Morgan fingerprint density at radius 2 is 1.75 bits per heavy atom. The number of hydrogen-bond donors (Lipinski definition) is 3. The average Bonchev–Trinajstić information content (AvgIpc) is 2.56. The normalized spacial score (nSPS) is 10.6. The number of para-hydroxylation sites is 1. The molecule has 124 valence electrons. The summed E-state index contributed by atoms with van der Waals surface area (Å²) in [6, 6.07) is 11.0. The Labute approximate surface area is 148 Å². The molecule has 0 aliphatic carbocycles. The van der Waals surface area contributed by atoms with E-state index in [-0.39, 0.29) is 17.9 Å². The lowest BCUT2D eigenvalue weighted by atomic mass is 10.2. The maximum absolute atomic E-state index is 11.8. The highest BCUT2D eigenvalue weighted by Gasteiger charge is 2.11. The maximum atomic E-state index is 11.8. The standard InChI is InChI=1S/C16H13Cl2N3O3/c17-12-5-3-6-13(18)11(12)8-20-21-15(23)9-19-16(24)10-4-1-2-7-14(10)22/h1-8,22H,9H2,(H,19,24)(H,21,23)/b20-8+. The Bertz CT molecular complexity index is 774. The number of halogens is 2. The lowest BCUT2D eigenvalue weighted by Crippen LogP contribution is -2.34. The first-order valence-corrected chi connectivity index (χ1v) is 7.56. The van der Waals surface area contributed by atoms with Crippen molar-refractivity contribution in [2.24, 2.45) is 5.10 Å². The molecule has 2 aromatic carbocycles. The number of carbonyl (C=O) groups is 2. The van der Waals surface area contributed by atoms with Gasteiger partial charge in [-0.3, -0.25) is 9.59 Å². The van der Waals surface area contributed by atoms with Gasteiger partial charge in [-0.05, 0) is 24.3 Å². The second kappa shape index (κ2) is 8.33. The van der Waals surface area contributed by atoms with Crippen molar-refractivity contribution in [3.05, 3.63) is 63.6 Å². The highest BCUT2D eigenvalue weighted by Crippen LogP contribution is 2.22. The minimum absolute atomic E-state index is 0.0802. The third-order valence-electron chi connectivity index (χ3n) is 2.94. The minimum Gasteiger partial charge on any atom is -0.507 e. The van der Waals surface area contributed by atoms with Crippen LogP contribution in [0.15, 0.2) is 47.6 Å². The number of amides is 2. The summed E-state index contributed by atoms with van der Waals surface area (Å²) in [4.78, 5) is 23.5. The topological polar surface area (TPSA) is 90.8 Å². The summed E-state index contributed by atoms with van der Waals surface area (Å²) >= 11 is 11.9. The summed E-state index contributed by atoms with van der Waals surface area (Å²) in [6.07, 6.45) is 1.31. The molecule has 0 fully saturated rings. The van der Waals surface area contributed by atoms with Crippen molar-refractivity contribution in [1.29, 1.82) is 0 Å². The number of aromatic hydroxyl groups is 1. The molecule has 2 aromatic rings. The molecule has 2 rings (SSSR count). The van der Waals surface area contributed by atoms with E-state index in [1.54, 1.807) is 30.3 Å². The van der Waals surface area contributed by atoms with Gasteiger partial charge in [0.05, 0.1) is 28.4 Å². The number of benzene rings is 2. The van der Waals surface area contributed by atoms with E-state index in [9.17, 15) is 14.7 Å². The van der Waals surface area contributed by atoms with Gasteiger partial charge < -0.3 is 10.4 Å². The zero-order valence-corrected chi connectivity index (χ0v) is 13.8. The molecule has 2 amide bonds. The van der Waals surface area contributed by atoms with Crippen LogP contribution < -0.4 is 10.7 Å². The van der Waals surface area contributed by atoms with Gasteiger partial charge >= 0.3 is 0 Å². The molecule has 0 radical (unpaired) electrons. The van der Waals surface area contributed by atoms with Gasteiger partial charge in [-0.1, -0.05) is 41.4 Å². The predicted octanol–water partition coefficient (Wildman–Crippen LogP) is 2.58. The number of phenols is 1. The summed E-state index contributed by atoms with van der Waals surface area (Å²) in [5, 5.41) is 16.5. The van der Waals surface area contributed by atoms with Crippen molar-refractivity contribution in [2.75, 3.05) is 6.54 Å². The quantitative estimate of drug-likeness (QED) is 0.561. The fraction of sp³-hybridized carbons (Fsp3) is 0.0625. The zero-order chi connectivity index (χ0) is 17.5. The molecule has 0 spiro atoms. The first-order chi connectivity index (χ1) is 11.5. The molecular weight excluding hydrogens is 353 g/mol. The Balaban J connectivity index is 1.87. The molecular formula is C16H13Cl2N3O3. The van der Waals surface area contributed by atoms with Gasteiger partial charge in [0.15, 0.2) is 0 Å². The number of hydrazone groups is 1. The molecule has 0 aliphatic rings. The van der Waals surface area contributed by atoms with Crippen molar-refractivity contribution in [3.8, 4) is 5.75 Å². The largest absolute Gasteiger partial charge is 0.507 e. The van der Waals surface area contributed by atoms with E-state index in [4.69, 9.17) is 23.2 Å². The third kappa shape index (κ3) is 4.71. The van der Waals surface area contributed by atoms with Gasteiger partial charge in [0.2, 0.25) is 0 Å². The summed E-state index contributed by atoms with van der Waals surface area (Å²) in [6.45, 7) is -0.305. The van der Waals surface area contributed by atoms with Gasteiger partial charge in [-0.15, -0.1) is 0 Å². The number of nitrogens with zero attached hydrogens (tertiary/aromatic N) is 1. The van der Waals surface area contributed by atoms with Gasteiger partial charge in [-0.2, -0.15) is 5.10 Å². The van der Waals surface area contributed by atoms with Gasteiger partial charge in [-0.25, -0.2) is 5.43 Å². The van der Waals surface area contributed by atoms with Crippen LogP contribution in [0.4, 0.5) is 0 Å². The van der Waals surface area contributed by atoms with E-state index < -0.39 is 11.8 Å². The van der Waals surface area contributed by atoms with Crippen molar-refractivity contribution in [2.45, 2.75) is 0 Å². The van der Waals surface area contributed by atoms with E-state index >= 15 is 0 Å². The first-order valence-electron chi connectivity index (χ1n) is 6.81. The van der Waals surface area contributed by atoms with Crippen LogP contribution in [0, 0.1) is 0 Å². The van der Waals surface area contributed by atoms with Gasteiger partial charge in [0.1, 0.15) is 5.75 Å². The highest BCUT2D eigenvalue weighted by molar-refractivity contribution is 6.38. The Kier molecular flexibility index (Phi) is 6.17. The lowest BCUT2D eigenvalue weighted by Gasteiger charge is -2.06. The second-order valence-electron chi connectivity index (χ2n) is 4.63.